The van der Waals surface area contributed by atoms with E-state index < -0.39 is 0 Å². The number of hydrogen-bond donors (Lipinski definition) is 1. The molecule has 4 heterocycles. The number of nitrogens with one attached hydrogen (secondary N) is 1. The molecule has 1 N–H and O–H groups in total. The summed E-state index contributed by atoms with van der Waals surface area (Å²) in [6.07, 6.45) is 10.6. The lowest BCUT2D eigenvalue weighted by molar-refractivity contribution is -0.126. The molecule has 1 aliphatic heterocycles. The summed E-state index contributed by atoms with van der Waals surface area (Å²) in [5.74, 6) is 1.22. The zero-order valence-corrected chi connectivity index (χ0v) is 27.2. The van der Waals surface area contributed by atoms with Crippen molar-refractivity contribution in [3.8, 4) is 5.75 Å². The number of ether oxygens (including phenoxy) is 1. The van der Waals surface area contributed by atoms with Crippen LogP contribution in [0.4, 0.5) is 17.5 Å². The van der Waals surface area contributed by atoms with Gasteiger partial charge in [0.15, 0.2) is 5.78 Å². The number of aromatic nitrogens is 4. The van der Waals surface area contributed by atoms with Gasteiger partial charge < -0.3 is 29.3 Å². The number of rotatable bonds is 9. The Morgan fingerprint density at radius 1 is 0.979 bits per heavy atom. The van der Waals surface area contributed by atoms with Crippen molar-refractivity contribution in [1.82, 2.24) is 29.3 Å². The van der Waals surface area contributed by atoms with Gasteiger partial charge in [0.1, 0.15) is 22.9 Å². The predicted octanol–water partition coefficient (Wildman–Crippen LogP) is 4.87. The number of amides is 2. The molecule has 1 saturated heterocycles. The molecule has 4 aromatic rings. The SMILES string of the molecule is COc1ccc(C(=O)/C=C/C(=O)N2CCN(c3ccc(Nc4ncc5cc(C(=O)N(C)C)n(C6CCCC6)c5n4)nc3)[C@@H](C)C2)cc1. The summed E-state index contributed by atoms with van der Waals surface area (Å²) >= 11 is 0. The van der Waals surface area contributed by atoms with Gasteiger partial charge in [0.05, 0.1) is 19.0 Å². The van der Waals surface area contributed by atoms with Crippen molar-refractivity contribution < 1.29 is 19.1 Å². The molecular formula is C35H40N8O4. The van der Waals surface area contributed by atoms with E-state index in [-0.39, 0.29) is 29.7 Å². The molecule has 12 heteroatoms. The molecule has 1 aromatic carbocycles. The van der Waals surface area contributed by atoms with Crippen LogP contribution in [0.25, 0.3) is 11.0 Å². The van der Waals surface area contributed by atoms with Crippen LogP contribution in [0.3, 0.4) is 0 Å². The fourth-order valence-corrected chi connectivity index (χ4v) is 6.38. The van der Waals surface area contributed by atoms with Crippen molar-refractivity contribution in [2.24, 2.45) is 0 Å². The molecule has 2 fully saturated rings. The maximum Gasteiger partial charge on any atom is 0.270 e. The van der Waals surface area contributed by atoms with Crippen LogP contribution in [0.2, 0.25) is 0 Å². The summed E-state index contributed by atoms with van der Waals surface area (Å²) in [4.78, 5) is 57.9. The third-order valence-corrected chi connectivity index (χ3v) is 8.90. The Hall–Kier alpha value is -5.26. The van der Waals surface area contributed by atoms with Crippen LogP contribution in [-0.2, 0) is 4.79 Å². The van der Waals surface area contributed by atoms with Gasteiger partial charge >= 0.3 is 0 Å². The molecule has 2 amide bonds. The number of carbonyl (C=O) groups excluding carboxylic acids is 3. The second kappa shape index (κ2) is 13.6. The molecule has 0 bridgehead atoms. The highest BCUT2D eigenvalue weighted by molar-refractivity contribution is 6.07. The van der Waals surface area contributed by atoms with Gasteiger partial charge in [-0.15, -0.1) is 0 Å². The van der Waals surface area contributed by atoms with E-state index in [1.165, 1.54) is 12.2 Å². The van der Waals surface area contributed by atoms with Crippen LogP contribution in [0.1, 0.15) is 59.5 Å². The molecule has 0 unspecified atom stereocenters. The predicted molar refractivity (Wildman–Crippen MR) is 180 cm³/mol. The van der Waals surface area contributed by atoms with E-state index in [0.717, 1.165) is 42.4 Å². The number of ketones is 1. The number of fused-ring (bicyclic) bond motifs is 1. The van der Waals surface area contributed by atoms with Gasteiger partial charge in [0.25, 0.3) is 5.91 Å². The van der Waals surface area contributed by atoms with Crippen molar-refractivity contribution in [2.75, 3.05) is 51.1 Å². The van der Waals surface area contributed by atoms with E-state index in [2.05, 4.69) is 31.7 Å². The van der Waals surface area contributed by atoms with Gasteiger partial charge in [0.2, 0.25) is 11.9 Å². The van der Waals surface area contributed by atoms with Crippen LogP contribution in [-0.4, -0.2) is 93.8 Å². The molecule has 1 saturated carbocycles. The maximum atomic E-state index is 13.0. The van der Waals surface area contributed by atoms with Gasteiger partial charge in [0, 0.05) is 69.0 Å². The Kier molecular flexibility index (Phi) is 9.19. The molecule has 1 atom stereocenters. The molecule has 244 valence electrons. The average molecular weight is 637 g/mol. The monoisotopic (exact) mass is 636 g/mol. The lowest BCUT2D eigenvalue weighted by Crippen LogP contribution is -2.53. The highest BCUT2D eigenvalue weighted by atomic mass is 16.5. The Bertz CT molecular complexity index is 1790. The topological polar surface area (TPSA) is 126 Å². The van der Waals surface area contributed by atoms with Gasteiger partial charge in [-0.1, -0.05) is 12.8 Å². The van der Waals surface area contributed by atoms with Crippen LogP contribution in [0.15, 0.2) is 67.0 Å². The fraction of sp³-hybridized carbons (Fsp3) is 0.371. The van der Waals surface area contributed by atoms with Crippen molar-refractivity contribution >= 4 is 46.1 Å². The van der Waals surface area contributed by atoms with E-state index in [1.54, 1.807) is 67.7 Å². The van der Waals surface area contributed by atoms with E-state index in [9.17, 15) is 14.4 Å². The molecule has 0 spiro atoms. The summed E-state index contributed by atoms with van der Waals surface area (Å²) in [5.41, 5.74) is 2.82. The zero-order chi connectivity index (χ0) is 33.1. The molecule has 0 radical (unpaired) electrons. The number of pyridine rings is 1. The van der Waals surface area contributed by atoms with E-state index in [0.29, 0.717) is 48.4 Å². The minimum absolute atomic E-state index is 0.0441. The average Bonchev–Trinajstić information content (AvgIpc) is 3.75. The third-order valence-electron chi connectivity index (χ3n) is 8.90. The summed E-state index contributed by atoms with van der Waals surface area (Å²) in [5, 5.41) is 4.06. The van der Waals surface area contributed by atoms with Gasteiger partial charge in [-0.3, -0.25) is 14.4 Å². The first kappa shape index (κ1) is 31.7. The van der Waals surface area contributed by atoms with Crippen LogP contribution in [0.5, 0.6) is 5.75 Å². The lowest BCUT2D eigenvalue weighted by Gasteiger charge is -2.40. The Balaban J connectivity index is 1.09. The summed E-state index contributed by atoms with van der Waals surface area (Å²) < 4.78 is 7.23. The summed E-state index contributed by atoms with van der Waals surface area (Å²) in [6, 6.07) is 12.8. The molecule has 1 aliphatic carbocycles. The van der Waals surface area contributed by atoms with E-state index >= 15 is 0 Å². The first-order valence-electron chi connectivity index (χ1n) is 16.0. The summed E-state index contributed by atoms with van der Waals surface area (Å²) in [7, 11) is 5.10. The molecule has 6 rings (SSSR count). The first-order valence-corrected chi connectivity index (χ1v) is 16.0. The Morgan fingerprint density at radius 3 is 2.40 bits per heavy atom. The second-order valence-electron chi connectivity index (χ2n) is 12.3. The number of anilines is 3. The van der Waals surface area contributed by atoms with Crippen LogP contribution < -0.4 is 15.0 Å². The van der Waals surface area contributed by atoms with Crippen molar-refractivity contribution in [3.63, 3.8) is 0 Å². The van der Waals surface area contributed by atoms with E-state index in [4.69, 9.17) is 9.72 Å². The molecule has 47 heavy (non-hydrogen) atoms. The number of benzene rings is 1. The number of carbonyl (C=O) groups is 3. The largest absolute Gasteiger partial charge is 0.497 e. The smallest absolute Gasteiger partial charge is 0.270 e. The minimum atomic E-state index is -0.232. The molecule has 3 aromatic heterocycles. The Morgan fingerprint density at radius 2 is 1.74 bits per heavy atom. The van der Waals surface area contributed by atoms with Crippen molar-refractivity contribution in [1.29, 1.82) is 0 Å². The standard InChI is InChI=1S/C35H40N8O4/c1-23-22-41(32(45)16-14-30(44)24-9-12-28(47-4)13-10-24)17-18-42(23)27-11-15-31(36-21-27)38-35-37-20-25-19-29(34(46)40(2)3)43(33(25)39-35)26-7-5-6-8-26/h9-16,19-21,23,26H,5-8,17-18,22H2,1-4H3,(H,36,37,38,39)/b16-14+/t23-/m0/s1. The number of allylic oxidation sites excluding steroid dienone is 1. The minimum Gasteiger partial charge on any atom is -0.497 e. The van der Waals surface area contributed by atoms with Crippen molar-refractivity contribution in [3.05, 3.63) is 78.3 Å². The number of piperazine rings is 1. The highest BCUT2D eigenvalue weighted by Gasteiger charge is 2.28. The van der Waals surface area contributed by atoms with E-state index in [1.807, 2.05) is 18.2 Å². The van der Waals surface area contributed by atoms with Crippen molar-refractivity contribution in [2.45, 2.75) is 44.7 Å². The third kappa shape index (κ3) is 6.81. The van der Waals surface area contributed by atoms with Gasteiger partial charge in [-0.25, -0.2) is 9.97 Å². The van der Waals surface area contributed by atoms with Gasteiger partial charge in [-0.05, 0) is 68.3 Å². The van der Waals surface area contributed by atoms with Crippen LogP contribution in [0, 0.1) is 0 Å². The second-order valence-corrected chi connectivity index (χ2v) is 12.3. The number of hydrogen-bond acceptors (Lipinski definition) is 9. The molecule has 12 nitrogen and oxygen atoms in total. The normalized spacial score (nSPS) is 17.0. The first-order chi connectivity index (χ1) is 22.7. The maximum absolute atomic E-state index is 13.0. The number of methoxy groups -OCH3 is 1. The fourth-order valence-electron chi connectivity index (χ4n) is 6.38. The zero-order valence-electron chi connectivity index (χ0n) is 27.2. The Labute approximate surface area is 274 Å². The molecule has 2 aliphatic rings. The summed E-state index contributed by atoms with van der Waals surface area (Å²) in [6.45, 7) is 3.74. The number of nitrogens with zero attached hydrogens (tertiary/aromatic N) is 7. The van der Waals surface area contributed by atoms with Gasteiger partial charge in [-0.2, -0.15) is 4.98 Å². The quantitative estimate of drug-likeness (QED) is 0.202. The molecular weight excluding hydrogens is 596 g/mol. The lowest BCUT2D eigenvalue weighted by atomic mass is 10.1. The van der Waals surface area contributed by atoms with Crippen LogP contribution >= 0.6 is 0 Å². The highest BCUT2D eigenvalue weighted by Crippen LogP contribution is 2.35.